The molecule has 112 valence electrons. The summed E-state index contributed by atoms with van der Waals surface area (Å²) in [5.74, 6) is 0.495. The van der Waals surface area contributed by atoms with Crippen molar-refractivity contribution < 1.29 is 19.4 Å². The molecule has 5 nitrogen and oxygen atoms in total. The average molecular weight is 302 g/mol. The van der Waals surface area contributed by atoms with E-state index in [9.17, 15) is 9.90 Å². The molecule has 1 rings (SSSR count). The number of benzene rings is 1. The molecule has 1 amide bonds. The number of carbonyl (C=O) groups excluding carboxylic acids is 1. The number of rotatable bonds is 8. The highest BCUT2D eigenvalue weighted by Gasteiger charge is 2.08. The lowest BCUT2D eigenvalue weighted by atomic mass is 10.1. The molecule has 0 spiro atoms. The van der Waals surface area contributed by atoms with Gasteiger partial charge in [-0.05, 0) is 24.1 Å². The standard InChI is InChI=1S/C14H20ClNO4/c1-19-9-11(17)8-16-14(18)6-4-10-3-5-13(20-2)12(15)7-10/h3,5,7,11,17H,4,6,8-9H2,1-2H3,(H,16,18). The lowest BCUT2D eigenvalue weighted by Gasteiger charge is -2.11. The van der Waals surface area contributed by atoms with Crippen LogP contribution in [0.1, 0.15) is 12.0 Å². The minimum Gasteiger partial charge on any atom is -0.495 e. The van der Waals surface area contributed by atoms with Crippen LogP contribution < -0.4 is 10.1 Å². The Morgan fingerprint density at radius 3 is 2.80 bits per heavy atom. The van der Waals surface area contributed by atoms with Gasteiger partial charge in [-0.15, -0.1) is 0 Å². The zero-order valence-electron chi connectivity index (χ0n) is 11.7. The van der Waals surface area contributed by atoms with E-state index in [4.69, 9.17) is 21.1 Å². The first kappa shape index (κ1) is 16.8. The van der Waals surface area contributed by atoms with Gasteiger partial charge in [-0.25, -0.2) is 0 Å². The van der Waals surface area contributed by atoms with Crippen LogP contribution in [0.15, 0.2) is 18.2 Å². The Labute approximate surface area is 123 Å². The van der Waals surface area contributed by atoms with Crippen LogP contribution in [-0.4, -0.2) is 44.5 Å². The van der Waals surface area contributed by atoms with Gasteiger partial charge in [0, 0.05) is 20.1 Å². The zero-order chi connectivity index (χ0) is 15.0. The van der Waals surface area contributed by atoms with Crippen LogP contribution in [0.4, 0.5) is 0 Å². The van der Waals surface area contributed by atoms with Gasteiger partial charge in [-0.2, -0.15) is 0 Å². The maximum absolute atomic E-state index is 11.6. The summed E-state index contributed by atoms with van der Waals surface area (Å²) in [5, 5.41) is 12.6. The van der Waals surface area contributed by atoms with Gasteiger partial charge < -0.3 is 19.9 Å². The lowest BCUT2D eigenvalue weighted by molar-refractivity contribution is -0.121. The van der Waals surface area contributed by atoms with Gasteiger partial charge in [-0.3, -0.25) is 4.79 Å². The molecule has 6 heteroatoms. The summed E-state index contributed by atoms with van der Waals surface area (Å²) in [6.45, 7) is 0.393. The van der Waals surface area contributed by atoms with E-state index in [2.05, 4.69) is 5.32 Å². The molecule has 0 bridgehead atoms. The zero-order valence-corrected chi connectivity index (χ0v) is 12.4. The van der Waals surface area contributed by atoms with E-state index < -0.39 is 6.10 Å². The van der Waals surface area contributed by atoms with Gasteiger partial charge in [0.05, 0.1) is 24.8 Å². The number of aliphatic hydroxyl groups excluding tert-OH is 1. The van der Waals surface area contributed by atoms with E-state index in [1.807, 2.05) is 6.07 Å². The SMILES string of the molecule is COCC(O)CNC(=O)CCc1ccc(OC)c(Cl)c1. The lowest BCUT2D eigenvalue weighted by Crippen LogP contribution is -2.34. The molecular formula is C14H20ClNO4. The Morgan fingerprint density at radius 1 is 1.45 bits per heavy atom. The molecule has 0 saturated carbocycles. The number of carbonyl (C=O) groups is 1. The van der Waals surface area contributed by atoms with E-state index in [-0.39, 0.29) is 19.1 Å². The Morgan fingerprint density at radius 2 is 2.20 bits per heavy atom. The van der Waals surface area contributed by atoms with Crippen molar-refractivity contribution in [1.82, 2.24) is 5.32 Å². The highest BCUT2D eigenvalue weighted by Crippen LogP contribution is 2.25. The van der Waals surface area contributed by atoms with Crippen LogP contribution in [0.3, 0.4) is 0 Å². The van der Waals surface area contributed by atoms with Crippen molar-refractivity contribution >= 4 is 17.5 Å². The quantitative estimate of drug-likeness (QED) is 0.762. The normalized spacial score (nSPS) is 12.0. The molecular weight excluding hydrogens is 282 g/mol. The van der Waals surface area contributed by atoms with Crippen LogP contribution in [-0.2, 0) is 16.0 Å². The van der Waals surface area contributed by atoms with Crippen molar-refractivity contribution in [1.29, 1.82) is 0 Å². The highest BCUT2D eigenvalue weighted by atomic mass is 35.5. The number of nitrogens with one attached hydrogen (secondary N) is 1. The number of aliphatic hydroxyl groups is 1. The molecule has 1 aromatic carbocycles. The van der Waals surface area contributed by atoms with Crippen LogP contribution in [0.2, 0.25) is 5.02 Å². The third-order valence-corrected chi connectivity index (χ3v) is 3.05. The van der Waals surface area contributed by atoms with Crippen molar-refractivity contribution in [2.75, 3.05) is 27.4 Å². The second kappa shape index (κ2) is 8.79. The van der Waals surface area contributed by atoms with Crippen molar-refractivity contribution in [3.63, 3.8) is 0 Å². The number of aryl methyl sites for hydroxylation is 1. The molecule has 0 aliphatic carbocycles. The third-order valence-electron chi connectivity index (χ3n) is 2.75. The minimum atomic E-state index is -0.681. The third kappa shape index (κ3) is 5.77. The predicted molar refractivity (Wildman–Crippen MR) is 77.2 cm³/mol. The Bertz CT molecular complexity index is 439. The summed E-state index contributed by atoms with van der Waals surface area (Å²) in [6.07, 6.45) is 0.234. The predicted octanol–water partition coefficient (Wildman–Crippen LogP) is 1.40. The second-order valence-corrected chi connectivity index (χ2v) is 4.79. The van der Waals surface area contributed by atoms with Crippen molar-refractivity contribution in [3.05, 3.63) is 28.8 Å². The van der Waals surface area contributed by atoms with Crippen molar-refractivity contribution in [2.24, 2.45) is 0 Å². The van der Waals surface area contributed by atoms with E-state index >= 15 is 0 Å². The number of ether oxygens (including phenoxy) is 2. The molecule has 1 atom stereocenters. The monoisotopic (exact) mass is 301 g/mol. The van der Waals surface area contributed by atoms with E-state index in [0.717, 1.165) is 5.56 Å². The van der Waals surface area contributed by atoms with Gasteiger partial charge in [0.2, 0.25) is 5.91 Å². The molecule has 0 aliphatic rings. The molecule has 0 radical (unpaired) electrons. The molecule has 1 unspecified atom stereocenters. The fourth-order valence-electron chi connectivity index (χ4n) is 1.69. The number of hydrogen-bond acceptors (Lipinski definition) is 4. The molecule has 0 aromatic heterocycles. The summed E-state index contributed by atoms with van der Waals surface area (Å²) < 4.78 is 9.83. The number of methoxy groups -OCH3 is 2. The van der Waals surface area contributed by atoms with E-state index in [0.29, 0.717) is 23.6 Å². The summed E-state index contributed by atoms with van der Waals surface area (Å²) in [7, 11) is 3.05. The Balaban J connectivity index is 2.35. The Hall–Kier alpha value is -1.30. The molecule has 0 saturated heterocycles. The van der Waals surface area contributed by atoms with Gasteiger partial charge >= 0.3 is 0 Å². The first-order valence-electron chi connectivity index (χ1n) is 6.33. The van der Waals surface area contributed by atoms with Crippen LogP contribution in [0, 0.1) is 0 Å². The molecule has 20 heavy (non-hydrogen) atoms. The Kier molecular flexibility index (Phi) is 7.36. The molecule has 1 aromatic rings. The molecule has 0 heterocycles. The second-order valence-electron chi connectivity index (χ2n) is 4.38. The average Bonchev–Trinajstić information content (AvgIpc) is 2.43. The van der Waals surface area contributed by atoms with Crippen LogP contribution in [0.5, 0.6) is 5.75 Å². The van der Waals surface area contributed by atoms with Crippen LogP contribution in [0.25, 0.3) is 0 Å². The first-order valence-corrected chi connectivity index (χ1v) is 6.70. The molecule has 0 aliphatic heterocycles. The number of halogens is 1. The van der Waals surface area contributed by atoms with Gasteiger partial charge in [-0.1, -0.05) is 17.7 Å². The van der Waals surface area contributed by atoms with Crippen LogP contribution >= 0.6 is 11.6 Å². The number of hydrogen-bond donors (Lipinski definition) is 2. The fourth-order valence-corrected chi connectivity index (χ4v) is 1.97. The maximum atomic E-state index is 11.6. The largest absolute Gasteiger partial charge is 0.495 e. The van der Waals surface area contributed by atoms with Crippen molar-refractivity contribution in [2.45, 2.75) is 18.9 Å². The summed E-state index contributed by atoms with van der Waals surface area (Å²) in [5.41, 5.74) is 0.961. The van der Waals surface area contributed by atoms with Crippen molar-refractivity contribution in [3.8, 4) is 5.75 Å². The van der Waals surface area contributed by atoms with Gasteiger partial charge in [0.15, 0.2) is 0 Å². The summed E-state index contributed by atoms with van der Waals surface area (Å²) >= 11 is 6.01. The fraction of sp³-hybridized carbons (Fsp3) is 0.500. The topological polar surface area (TPSA) is 67.8 Å². The first-order chi connectivity index (χ1) is 9.56. The number of amides is 1. The van der Waals surface area contributed by atoms with E-state index in [1.54, 1.807) is 19.2 Å². The minimum absolute atomic E-state index is 0.118. The highest BCUT2D eigenvalue weighted by molar-refractivity contribution is 6.32. The smallest absolute Gasteiger partial charge is 0.220 e. The maximum Gasteiger partial charge on any atom is 0.220 e. The summed E-state index contributed by atoms with van der Waals surface area (Å²) in [4.78, 5) is 11.6. The molecule has 0 fully saturated rings. The van der Waals surface area contributed by atoms with E-state index in [1.165, 1.54) is 7.11 Å². The van der Waals surface area contributed by atoms with Gasteiger partial charge in [0.25, 0.3) is 0 Å². The van der Waals surface area contributed by atoms with Gasteiger partial charge in [0.1, 0.15) is 5.75 Å². The summed E-state index contributed by atoms with van der Waals surface area (Å²) in [6, 6.07) is 5.43. The molecule has 2 N–H and O–H groups in total.